The van der Waals surface area contributed by atoms with E-state index in [4.69, 9.17) is 18.9 Å². The van der Waals surface area contributed by atoms with E-state index in [2.05, 4.69) is 31.4 Å². The summed E-state index contributed by atoms with van der Waals surface area (Å²) in [6, 6.07) is 10.1. The SMILES string of the molecule is COCOc1cc(-c2cnnc(OC)c2)ccc1-c1nnc(N2CC[C@H](N(C(=O)OC(C)(C)C)C3CCC3)C2)cc1C. The molecule has 11 heteroatoms. The zero-order chi connectivity index (χ0) is 29.9. The van der Waals surface area contributed by atoms with Gasteiger partial charge in [-0.15, -0.1) is 15.3 Å². The highest BCUT2D eigenvalue weighted by Crippen LogP contribution is 2.37. The maximum atomic E-state index is 13.2. The van der Waals surface area contributed by atoms with Gasteiger partial charge in [0.2, 0.25) is 5.88 Å². The molecule has 1 aliphatic heterocycles. The largest absolute Gasteiger partial charge is 0.480 e. The minimum absolute atomic E-state index is 0.0785. The van der Waals surface area contributed by atoms with Crippen molar-refractivity contribution in [2.75, 3.05) is 39.0 Å². The average Bonchev–Trinajstić information content (AvgIpc) is 3.42. The molecule has 2 fully saturated rings. The number of nitrogens with zero attached hydrogens (tertiary/aromatic N) is 6. The molecule has 3 heterocycles. The van der Waals surface area contributed by atoms with Crippen molar-refractivity contribution in [3.05, 3.63) is 42.1 Å². The van der Waals surface area contributed by atoms with Gasteiger partial charge in [0.25, 0.3) is 0 Å². The second-order valence-electron chi connectivity index (χ2n) is 11.8. The standard InChI is InChI=1S/C31H40N6O5/c1-20-14-27(36-13-12-24(18-36)37(23-8-7-9-23)30(38)42-31(2,3)4)33-35-29(20)25-11-10-21(15-26(25)41-19-39-5)22-16-28(40-6)34-32-17-22/h10-11,14-17,23-24H,7-9,12-13,18-19H2,1-6H3/t24-/m0/s1. The Hall–Kier alpha value is -3.99. The molecule has 1 atom stereocenters. The Morgan fingerprint density at radius 1 is 1.02 bits per heavy atom. The Morgan fingerprint density at radius 2 is 1.83 bits per heavy atom. The van der Waals surface area contributed by atoms with E-state index in [1.165, 1.54) is 0 Å². The summed E-state index contributed by atoms with van der Waals surface area (Å²) in [6.07, 6.45) is 5.53. The van der Waals surface area contributed by atoms with Crippen LogP contribution in [0.1, 0.15) is 52.0 Å². The molecule has 0 bridgehead atoms. The Labute approximate surface area is 247 Å². The van der Waals surface area contributed by atoms with Crippen molar-refractivity contribution in [2.24, 2.45) is 0 Å². The van der Waals surface area contributed by atoms with Crippen LogP contribution >= 0.6 is 0 Å². The lowest BCUT2D eigenvalue weighted by Gasteiger charge is -2.41. The Bertz CT molecular complexity index is 1410. The van der Waals surface area contributed by atoms with Crippen LogP contribution in [0.2, 0.25) is 0 Å². The second kappa shape index (κ2) is 12.5. The van der Waals surface area contributed by atoms with Crippen LogP contribution in [0, 0.1) is 6.92 Å². The van der Waals surface area contributed by atoms with Gasteiger partial charge in [0.1, 0.15) is 11.4 Å². The maximum absolute atomic E-state index is 13.2. The Morgan fingerprint density at radius 3 is 2.50 bits per heavy atom. The molecule has 1 saturated carbocycles. The van der Waals surface area contributed by atoms with Gasteiger partial charge in [-0.2, -0.15) is 5.10 Å². The number of methoxy groups -OCH3 is 2. The molecular formula is C31H40N6O5. The summed E-state index contributed by atoms with van der Waals surface area (Å²) in [6.45, 7) is 9.35. The molecule has 0 unspecified atom stereocenters. The fourth-order valence-corrected chi connectivity index (χ4v) is 5.39. The molecule has 5 rings (SSSR count). The molecule has 0 N–H and O–H groups in total. The van der Waals surface area contributed by atoms with Crippen molar-refractivity contribution >= 4 is 11.9 Å². The van der Waals surface area contributed by atoms with E-state index in [0.29, 0.717) is 18.2 Å². The van der Waals surface area contributed by atoms with E-state index in [-0.39, 0.29) is 25.0 Å². The predicted octanol–water partition coefficient (Wildman–Crippen LogP) is 5.27. The molecule has 224 valence electrons. The molecule has 0 radical (unpaired) electrons. The van der Waals surface area contributed by atoms with Crippen molar-refractivity contribution in [3.63, 3.8) is 0 Å². The summed E-state index contributed by atoms with van der Waals surface area (Å²) in [5.41, 5.74) is 3.71. The summed E-state index contributed by atoms with van der Waals surface area (Å²) >= 11 is 0. The number of hydrogen-bond acceptors (Lipinski definition) is 10. The van der Waals surface area contributed by atoms with Crippen molar-refractivity contribution < 1.29 is 23.7 Å². The summed E-state index contributed by atoms with van der Waals surface area (Å²) in [5, 5.41) is 17.2. The van der Waals surface area contributed by atoms with Crippen LogP contribution in [0.3, 0.4) is 0 Å². The fraction of sp³-hybridized carbons (Fsp3) is 0.516. The summed E-state index contributed by atoms with van der Waals surface area (Å²) in [4.78, 5) is 17.3. The van der Waals surface area contributed by atoms with Crippen LogP contribution in [0.5, 0.6) is 11.6 Å². The normalized spacial score (nSPS) is 17.1. The lowest BCUT2D eigenvalue weighted by atomic mass is 9.90. The monoisotopic (exact) mass is 576 g/mol. The van der Waals surface area contributed by atoms with Crippen LogP contribution < -0.4 is 14.4 Å². The highest BCUT2D eigenvalue weighted by atomic mass is 16.7. The zero-order valence-electron chi connectivity index (χ0n) is 25.3. The van der Waals surface area contributed by atoms with Gasteiger partial charge in [-0.05, 0) is 82.7 Å². The Kier molecular flexibility index (Phi) is 8.77. The van der Waals surface area contributed by atoms with Gasteiger partial charge in [0.15, 0.2) is 12.6 Å². The molecule has 1 amide bonds. The molecule has 1 saturated heterocycles. The first-order chi connectivity index (χ1) is 20.2. The number of aromatic nitrogens is 4. The first-order valence-corrected chi connectivity index (χ1v) is 14.4. The zero-order valence-corrected chi connectivity index (χ0v) is 25.3. The van der Waals surface area contributed by atoms with Gasteiger partial charge in [-0.25, -0.2) is 4.79 Å². The smallest absolute Gasteiger partial charge is 0.410 e. The molecule has 2 aliphatic rings. The van der Waals surface area contributed by atoms with E-state index >= 15 is 0 Å². The number of carbonyl (C=O) groups excluding carboxylic acids is 1. The van der Waals surface area contributed by atoms with E-state index in [0.717, 1.165) is 66.0 Å². The number of benzene rings is 1. The molecule has 42 heavy (non-hydrogen) atoms. The van der Waals surface area contributed by atoms with Crippen molar-refractivity contribution in [3.8, 4) is 34.0 Å². The van der Waals surface area contributed by atoms with Crippen LogP contribution in [-0.4, -0.2) is 83.2 Å². The van der Waals surface area contributed by atoms with E-state index in [1.807, 2.05) is 56.9 Å². The topological polar surface area (TPSA) is 112 Å². The van der Waals surface area contributed by atoms with Gasteiger partial charge in [-0.1, -0.05) is 6.07 Å². The quantitative estimate of drug-likeness (QED) is 0.312. The third-order valence-electron chi connectivity index (χ3n) is 7.67. The van der Waals surface area contributed by atoms with E-state index in [9.17, 15) is 4.79 Å². The number of ether oxygens (including phenoxy) is 4. The lowest BCUT2D eigenvalue weighted by Crippen LogP contribution is -2.52. The number of anilines is 1. The van der Waals surface area contributed by atoms with Crippen LogP contribution in [-0.2, 0) is 9.47 Å². The summed E-state index contributed by atoms with van der Waals surface area (Å²) in [5.74, 6) is 1.84. The molecule has 2 aromatic heterocycles. The molecular weight excluding hydrogens is 536 g/mol. The van der Waals surface area contributed by atoms with Gasteiger partial charge < -0.3 is 28.7 Å². The fourth-order valence-electron chi connectivity index (χ4n) is 5.39. The second-order valence-corrected chi connectivity index (χ2v) is 11.8. The summed E-state index contributed by atoms with van der Waals surface area (Å²) in [7, 11) is 3.14. The molecule has 11 nitrogen and oxygen atoms in total. The molecule has 3 aromatic rings. The number of aryl methyl sites for hydroxylation is 1. The van der Waals surface area contributed by atoms with Gasteiger partial charge in [0, 0.05) is 43.4 Å². The average molecular weight is 577 g/mol. The van der Waals surface area contributed by atoms with Crippen LogP contribution in [0.4, 0.5) is 10.6 Å². The van der Waals surface area contributed by atoms with Crippen LogP contribution in [0.15, 0.2) is 36.5 Å². The predicted molar refractivity (Wildman–Crippen MR) is 159 cm³/mol. The molecule has 0 spiro atoms. The lowest BCUT2D eigenvalue weighted by molar-refractivity contribution is -0.00351. The number of rotatable bonds is 9. The third kappa shape index (κ3) is 6.56. The number of carbonyl (C=O) groups is 1. The highest BCUT2D eigenvalue weighted by molar-refractivity contribution is 5.76. The number of amides is 1. The van der Waals surface area contributed by atoms with Crippen molar-refractivity contribution in [2.45, 2.75) is 71.1 Å². The molecule has 1 aliphatic carbocycles. The van der Waals surface area contributed by atoms with Crippen molar-refractivity contribution in [1.82, 2.24) is 25.3 Å². The first-order valence-electron chi connectivity index (χ1n) is 14.4. The minimum atomic E-state index is -0.526. The molecule has 1 aromatic carbocycles. The minimum Gasteiger partial charge on any atom is -0.480 e. The maximum Gasteiger partial charge on any atom is 0.410 e. The first kappa shape index (κ1) is 29.5. The van der Waals surface area contributed by atoms with Gasteiger partial charge >= 0.3 is 6.09 Å². The third-order valence-corrected chi connectivity index (χ3v) is 7.67. The highest BCUT2D eigenvalue weighted by Gasteiger charge is 2.40. The van der Waals surface area contributed by atoms with Crippen LogP contribution in [0.25, 0.3) is 22.4 Å². The number of hydrogen-bond donors (Lipinski definition) is 0. The van der Waals surface area contributed by atoms with E-state index in [1.54, 1.807) is 20.4 Å². The van der Waals surface area contributed by atoms with Crippen molar-refractivity contribution in [1.29, 1.82) is 0 Å². The Balaban J connectivity index is 1.37. The summed E-state index contributed by atoms with van der Waals surface area (Å²) < 4.78 is 22.2. The van der Waals surface area contributed by atoms with Gasteiger partial charge in [-0.3, -0.25) is 0 Å². The van der Waals surface area contributed by atoms with E-state index < -0.39 is 5.60 Å². The van der Waals surface area contributed by atoms with Gasteiger partial charge in [0.05, 0.1) is 25.0 Å².